The first kappa shape index (κ1) is 17.9. The maximum atomic E-state index is 12.5. The van der Waals surface area contributed by atoms with Crippen LogP contribution in [0.15, 0.2) is 17.5 Å². The summed E-state index contributed by atoms with van der Waals surface area (Å²) in [6, 6.07) is 4.27. The molecule has 1 amide bonds. The van der Waals surface area contributed by atoms with Crippen molar-refractivity contribution in [2.24, 2.45) is 5.92 Å². The number of amides is 1. The summed E-state index contributed by atoms with van der Waals surface area (Å²) in [5, 5.41) is 5.29. The average molecular weight is 371 g/mol. The molecule has 134 valence electrons. The normalized spacial score (nSPS) is 22.5. The van der Waals surface area contributed by atoms with Gasteiger partial charge in [0.1, 0.15) is 0 Å². The number of nitrogens with one attached hydrogen (secondary N) is 1. The first-order chi connectivity index (χ1) is 11.4. The van der Waals surface area contributed by atoms with Crippen LogP contribution in [-0.2, 0) is 20.2 Å². The molecule has 2 heterocycles. The Labute approximate surface area is 148 Å². The van der Waals surface area contributed by atoms with E-state index in [1.807, 2.05) is 0 Å². The van der Waals surface area contributed by atoms with Gasteiger partial charge >= 0.3 is 0 Å². The van der Waals surface area contributed by atoms with Crippen LogP contribution in [0.25, 0.3) is 0 Å². The molecular formula is C17H26N2O3S2. The Morgan fingerprint density at radius 2 is 2.00 bits per heavy atom. The van der Waals surface area contributed by atoms with Crippen molar-refractivity contribution >= 4 is 27.3 Å². The van der Waals surface area contributed by atoms with Crippen molar-refractivity contribution < 1.29 is 13.2 Å². The highest BCUT2D eigenvalue weighted by Crippen LogP contribution is 2.42. The van der Waals surface area contributed by atoms with Gasteiger partial charge in [-0.25, -0.2) is 12.7 Å². The van der Waals surface area contributed by atoms with Gasteiger partial charge in [-0.2, -0.15) is 0 Å². The minimum atomic E-state index is -3.14. The topological polar surface area (TPSA) is 66.5 Å². The minimum Gasteiger partial charge on any atom is -0.355 e. The Hall–Kier alpha value is -0.920. The van der Waals surface area contributed by atoms with Crippen LogP contribution in [0.1, 0.15) is 43.4 Å². The van der Waals surface area contributed by atoms with Gasteiger partial charge in [0.2, 0.25) is 15.9 Å². The van der Waals surface area contributed by atoms with Gasteiger partial charge in [0.25, 0.3) is 0 Å². The lowest BCUT2D eigenvalue weighted by molar-refractivity contribution is -0.126. The molecule has 0 radical (unpaired) electrons. The van der Waals surface area contributed by atoms with Crippen molar-refractivity contribution in [3.8, 4) is 0 Å². The van der Waals surface area contributed by atoms with Crippen LogP contribution >= 0.6 is 11.3 Å². The van der Waals surface area contributed by atoms with Gasteiger partial charge < -0.3 is 5.32 Å². The number of nitrogens with zero attached hydrogens (tertiary/aromatic N) is 1. The van der Waals surface area contributed by atoms with Crippen molar-refractivity contribution in [3.05, 3.63) is 22.4 Å². The summed E-state index contributed by atoms with van der Waals surface area (Å²) in [7, 11) is -3.14. The zero-order chi connectivity index (χ0) is 17.2. The predicted molar refractivity (Wildman–Crippen MR) is 96.6 cm³/mol. The van der Waals surface area contributed by atoms with Gasteiger partial charge in [0, 0.05) is 35.8 Å². The predicted octanol–water partition coefficient (Wildman–Crippen LogP) is 2.35. The summed E-state index contributed by atoms with van der Waals surface area (Å²) in [5.41, 5.74) is 0.108. The molecule has 0 unspecified atom stereocenters. The molecule has 0 spiro atoms. The van der Waals surface area contributed by atoms with E-state index in [4.69, 9.17) is 0 Å². The van der Waals surface area contributed by atoms with Gasteiger partial charge in [0.05, 0.1) is 6.26 Å². The molecule has 1 aliphatic heterocycles. The summed E-state index contributed by atoms with van der Waals surface area (Å²) >= 11 is 1.78. The van der Waals surface area contributed by atoms with E-state index in [2.05, 4.69) is 22.8 Å². The summed E-state index contributed by atoms with van der Waals surface area (Å²) in [6.45, 7) is 1.61. The Balaban J connectivity index is 1.56. The molecule has 0 atom stereocenters. The molecule has 7 heteroatoms. The number of hydrogen-bond acceptors (Lipinski definition) is 4. The van der Waals surface area contributed by atoms with Gasteiger partial charge in [-0.1, -0.05) is 18.9 Å². The van der Waals surface area contributed by atoms with E-state index >= 15 is 0 Å². The fraction of sp³-hybridized carbons (Fsp3) is 0.706. The third-order valence-electron chi connectivity index (χ3n) is 5.50. The minimum absolute atomic E-state index is 0.0650. The third-order valence-corrected chi connectivity index (χ3v) is 7.92. The fourth-order valence-corrected chi connectivity index (χ4v) is 5.85. The SMILES string of the molecule is CS(=O)(=O)N1CCC(C(=O)NCC2(c3cccs3)CCCC2)CC1. The molecule has 2 fully saturated rings. The maximum Gasteiger partial charge on any atom is 0.223 e. The number of rotatable bonds is 5. The zero-order valence-electron chi connectivity index (χ0n) is 14.2. The lowest BCUT2D eigenvalue weighted by Gasteiger charge is -2.32. The number of carbonyl (C=O) groups is 1. The molecule has 3 rings (SSSR count). The second kappa shape index (κ2) is 7.14. The first-order valence-corrected chi connectivity index (χ1v) is 11.4. The largest absolute Gasteiger partial charge is 0.355 e. The van der Waals surface area contributed by atoms with E-state index in [0.717, 1.165) is 12.8 Å². The number of thiophene rings is 1. The van der Waals surface area contributed by atoms with E-state index in [-0.39, 0.29) is 17.2 Å². The van der Waals surface area contributed by atoms with Crippen molar-refractivity contribution in [2.75, 3.05) is 25.9 Å². The monoisotopic (exact) mass is 370 g/mol. The summed E-state index contributed by atoms with van der Waals surface area (Å²) < 4.78 is 24.6. The lowest BCUT2D eigenvalue weighted by Crippen LogP contribution is -2.45. The average Bonchev–Trinajstić information content (AvgIpc) is 3.24. The molecule has 2 aliphatic rings. The van der Waals surface area contributed by atoms with Crippen LogP contribution in [0.2, 0.25) is 0 Å². The number of piperidine rings is 1. The molecule has 0 bridgehead atoms. The Morgan fingerprint density at radius 3 is 2.54 bits per heavy atom. The fourth-order valence-electron chi connectivity index (χ4n) is 3.99. The van der Waals surface area contributed by atoms with Crippen molar-refractivity contribution in [1.29, 1.82) is 0 Å². The highest BCUT2D eigenvalue weighted by molar-refractivity contribution is 7.88. The Morgan fingerprint density at radius 1 is 1.33 bits per heavy atom. The maximum absolute atomic E-state index is 12.5. The van der Waals surface area contributed by atoms with E-state index in [0.29, 0.717) is 32.5 Å². The standard InChI is InChI=1S/C17H26N2O3S2/c1-24(21,22)19-10-6-14(7-11-19)16(20)18-13-17(8-2-3-9-17)15-5-4-12-23-15/h4-5,12,14H,2-3,6-11,13H2,1H3,(H,18,20). The van der Waals surface area contributed by atoms with Crippen LogP contribution in [0.5, 0.6) is 0 Å². The van der Waals surface area contributed by atoms with E-state index in [1.165, 1.54) is 28.3 Å². The van der Waals surface area contributed by atoms with Crippen molar-refractivity contribution in [1.82, 2.24) is 9.62 Å². The molecule has 1 aliphatic carbocycles. The zero-order valence-corrected chi connectivity index (χ0v) is 15.8. The third kappa shape index (κ3) is 3.83. The van der Waals surface area contributed by atoms with Crippen molar-refractivity contribution in [2.45, 2.75) is 43.9 Å². The number of carbonyl (C=O) groups excluding carboxylic acids is 1. The van der Waals surface area contributed by atoms with Crippen LogP contribution in [0.4, 0.5) is 0 Å². The molecule has 1 saturated carbocycles. The van der Waals surface area contributed by atoms with Gasteiger partial charge in [0.15, 0.2) is 0 Å². The Bertz CT molecular complexity index is 656. The quantitative estimate of drug-likeness (QED) is 0.865. The van der Waals surface area contributed by atoms with E-state index in [9.17, 15) is 13.2 Å². The number of sulfonamides is 1. The highest BCUT2D eigenvalue weighted by Gasteiger charge is 2.37. The van der Waals surface area contributed by atoms with E-state index in [1.54, 1.807) is 11.3 Å². The summed E-state index contributed by atoms with van der Waals surface area (Å²) in [6.07, 6.45) is 7.19. The number of hydrogen-bond donors (Lipinski definition) is 1. The van der Waals surface area contributed by atoms with Gasteiger partial charge in [-0.3, -0.25) is 4.79 Å². The summed E-state index contributed by atoms with van der Waals surface area (Å²) in [5.74, 6) is 0.0239. The van der Waals surface area contributed by atoms with E-state index < -0.39 is 10.0 Å². The van der Waals surface area contributed by atoms with Crippen LogP contribution < -0.4 is 5.32 Å². The lowest BCUT2D eigenvalue weighted by atomic mass is 9.84. The smallest absolute Gasteiger partial charge is 0.223 e. The molecule has 0 aromatic carbocycles. The van der Waals surface area contributed by atoms with Crippen LogP contribution in [0.3, 0.4) is 0 Å². The highest BCUT2D eigenvalue weighted by atomic mass is 32.2. The first-order valence-electron chi connectivity index (χ1n) is 8.68. The molecule has 1 aromatic heterocycles. The molecular weight excluding hydrogens is 344 g/mol. The second-order valence-corrected chi connectivity index (χ2v) is 10.0. The molecule has 1 saturated heterocycles. The molecule has 1 N–H and O–H groups in total. The van der Waals surface area contributed by atoms with Crippen LogP contribution in [-0.4, -0.2) is 44.5 Å². The summed E-state index contributed by atoms with van der Waals surface area (Å²) in [4.78, 5) is 13.9. The second-order valence-electron chi connectivity index (χ2n) is 7.12. The Kier molecular flexibility index (Phi) is 5.32. The molecule has 1 aromatic rings. The van der Waals surface area contributed by atoms with Crippen LogP contribution in [0, 0.1) is 5.92 Å². The van der Waals surface area contributed by atoms with Gasteiger partial charge in [-0.05, 0) is 37.1 Å². The van der Waals surface area contributed by atoms with Gasteiger partial charge in [-0.15, -0.1) is 11.3 Å². The van der Waals surface area contributed by atoms with Crippen molar-refractivity contribution in [3.63, 3.8) is 0 Å². The molecule has 24 heavy (non-hydrogen) atoms. The molecule has 5 nitrogen and oxygen atoms in total.